The third-order valence-corrected chi connectivity index (χ3v) is 18.0. The Labute approximate surface area is 449 Å². The first-order valence-corrected chi connectivity index (χ1v) is 26.7. The summed E-state index contributed by atoms with van der Waals surface area (Å²) >= 11 is 0. The van der Waals surface area contributed by atoms with E-state index in [0.29, 0.717) is 29.5 Å². The van der Waals surface area contributed by atoms with Crippen LogP contribution in [0.2, 0.25) is 0 Å². The van der Waals surface area contributed by atoms with Crippen molar-refractivity contribution >= 4 is 38.9 Å². The molecule has 0 saturated heterocycles. The number of hydrogen-bond acceptors (Lipinski definition) is 4. The lowest BCUT2D eigenvalue weighted by Crippen LogP contribution is -2.67. The molecule has 0 spiro atoms. The van der Waals surface area contributed by atoms with E-state index >= 15 is 0 Å². The van der Waals surface area contributed by atoms with Gasteiger partial charge >= 0.3 is 0 Å². The Morgan fingerprint density at radius 3 is 1.83 bits per heavy atom. The standard InChI is InChI=1S/C71H58N4O/c1-45-40-66(72-43-55(45)46-34-36-47(37-35-46)68(2,3)4)75-62-31-16-9-22-51(62)52-39-38-50(42-65(52)75)76-49-21-19-20-48(41-49)73-44-74(64-33-18-17-32-63(64)73)71-56-25-10-7-23-53(56)67(54-24-8-11-26-57(54)71)69(5)58-27-12-14-29-60(58)70(71,6)61-30-15-13-28-59(61)69/h7-43,67H,44H2,1-6H3/i1D3. The van der Waals surface area contributed by atoms with Crippen molar-refractivity contribution < 1.29 is 8.85 Å². The molecule has 0 radical (unpaired) electrons. The number of para-hydroxylation sites is 3. The molecule has 0 atom stereocenters. The summed E-state index contributed by atoms with van der Waals surface area (Å²) in [6, 6.07) is 79.0. The highest BCUT2D eigenvalue weighted by atomic mass is 16.5. The molecule has 6 aliphatic carbocycles. The molecule has 76 heavy (non-hydrogen) atoms. The highest BCUT2D eigenvalue weighted by Gasteiger charge is 2.69. The highest BCUT2D eigenvalue weighted by molar-refractivity contribution is 6.09. The van der Waals surface area contributed by atoms with E-state index in [9.17, 15) is 0 Å². The van der Waals surface area contributed by atoms with Crippen LogP contribution in [0.15, 0.2) is 225 Å². The molecule has 5 heteroatoms. The SMILES string of the molecule is [2H]C([2H])([2H])c1cc(-n2c3ccccc3c3ccc(Oc4cccc(N5CN(C67c8ccccc8C(c8ccccc86)C6(C)c8ccccc8C7(C)c7ccccc76)c6ccccc65)c4)cc32)ncc1-c1ccc(C(C)(C)C)cc1. The molecule has 368 valence electrons. The molecule has 18 rings (SSSR count). The van der Waals surface area contributed by atoms with Gasteiger partial charge in [0.05, 0.1) is 29.1 Å². The van der Waals surface area contributed by atoms with Crippen molar-refractivity contribution in [2.45, 2.75) is 69.2 Å². The zero-order valence-corrected chi connectivity index (χ0v) is 43.3. The van der Waals surface area contributed by atoms with E-state index in [4.69, 9.17) is 13.8 Å². The molecule has 9 aromatic carbocycles. The van der Waals surface area contributed by atoms with Crippen molar-refractivity contribution in [2.75, 3.05) is 16.5 Å². The minimum atomic E-state index is -2.39. The van der Waals surface area contributed by atoms with Gasteiger partial charge in [0, 0.05) is 61.2 Å². The molecule has 2 aromatic heterocycles. The van der Waals surface area contributed by atoms with Crippen LogP contribution in [0.25, 0.3) is 38.8 Å². The number of aryl methyl sites for hydroxylation is 1. The molecule has 1 aliphatic heterocycles. The fourth-order valence-corrected chi connectivity index (χ4v) is 14.7. The Morgan fingerprint density at radius 2 is 1.14 bits per heavy atom. The second-order valence-corrected chi connectivity index (χ2v) is 22.8. The molecule has 0 saturated carbocycles. The number of hydrogen-bond donors (Lipinski definition) is 0. The monoisotopic (exact) mass is 985 g/mol. The lowest BCUT2D eigenvalue weighted by atomic mass is 9.40. The van der Waals surface area contributed by atoms with Gasteiger partial charge in [0.25, 0.3) is 0 Å². The molecule has 0 fully saturated rings. The van der Waals surface area contributed by atoms with E-state index in [-0.39, 0.29) is 22.3 Å². The summed E-state index contributed by atoms with van der Waals surface area (Å²) in [4.78, 5) is 10.2. The molecule has 0 N–H and O–H groups in total. The average Bonchev–Trinajstić information content (AvgIpc) is 1.44. The molecule has 4 bridgehead atoms. The van der Waals surface area contributed by atoms with Gasteiger partial charge in [-0.15, -0.1) is 0 Å². The van der Waals surface area contributed by atoms with E-state index in [1.54, 1.807) is 12.3 Å². The minimum absolute atomic E-state index is 0.0348. The number of anilines is 3. The maximum Gasteiger partial charge on any atom is 0.137 e. The van der Waals surface area contributed by atoms with E-state index in [1.807, 2.05) is 36.4 Å². The number of benzene rings is 9. The van der Waals surface area contributed by atoms with Crippen molar-refractivity contribution in [2.24, 2.45) is 0 Å². The Hall–Kier alpha value is -8.67. The van der Waals surface area contributed by atoms with Crippen molar-refractivity contribution in [3.63, 3.8) is 0 Å². The fraction of sp³-hybridized carbons (Fsp3) is 0.169. The van der Waals surface area contributed by atoms with E-state index in [2.05, 4.69) is 225 Å². The number of pyridine rings is 1. The van der Waals surface area contributed by atoms with Gasteiger partial charge in [-0.05, 0) is 129 Å². The van der Waals surface area contributed by atoms with Gasteiger partial charge in [-0.25, -0.2) is 4.98 Å². The topological polar surface area (TPSA) is 33.5 Å². The fourth-order valence-electron chi connectivity index (χ4n) is 14.7. The van der Waals surface area contributed by atoms with Crippen LogP contribution in [0.3, 0.4) is 0 Å². The number of ether oxygens (including phenoxy) is 1. The number of nitrogens with zero attached hydrogens (tertiary/aromatic N) is 4. The smallest absolute Gasteiger partial charge is 0.137 e. The van der Waals surface area contributed by atoms with Gasteiger partial charge in [0.2, 0.25) is 0 Å². The van der Waals surface area contributed by atoms with Crippen LogP contribution in [0, 0.1) is 6.85 Å². The van der Waals surface area contributed by atoms with Crippen molar-refractivity contribution in [3.8, 4) is 28.4 Å². The molecule has 5 nitrogen and oxygen atoms in total. The van der Waals surface area contributed by atoms with Crippen LogP contribution in [0.5, 0.6) is 11.5 Å². The second kappa shape index (κ2) is 15.9. The summed E-state index contributed by atoms with van der Waals surface area (Å²) in [6.07, 6.45) is 1.72. The molecule has 0 amide bonds. The summed E-state index contributed by atoms with van der Waals surface area (Å²) in [5, 5.41) is 2.05. The normalized spacial score (nSPS) is 21.4. The summed E-state index contributed by atoms with van der Waals surface area (Å²) < 4.78 is 35.3. The number of aromatic nitrogens is 2. The predicted molar refractivity (Wildman–Crippen MR) is 311 cm³/mol. The first kappa shape index (κ1) is 41.7. The van der Waals surface area contributed by atoms with Crippen LogP contribution >= 0.6 is 0 Å². The Kier molecular flexibility index (Phi) is 8.73. The average molecular weight is 986 g/mol. The van der Waals surface area contributed by atoms with E-state index in [0.717, 1.165) is 38.7 Å². The Morgan fingerprint density at radius 1 is 0.553 bits per heavy atom. The van der Waals surface area contributed by atoms with Gasteiger partial charge in [-0.1, -0.05) is 185 Å². The maximum atomic E-state index is 8.75. The predicted octanol–water partition coefficient (Wildman–Crippen LogP) is 17.2. The lowest BCUT2D eigenvalue weighted by molar-refractivity contribution is 0.257. The highest BCUT2D eigenvalue weighted by Crippen LogP contribution is 2.72. The first-order valence-electron chi connectivity index (χ1n) is 28.2. The molecule has 7 aliphatic rings. The van der Waals surface area contributed by atoms with Crippen molar-refractivity contribution in [3.05, 3.63) is 280 Å². The van der Waals surface area contributed by atoms with E-state index < -0.39 is 17.8 Å². The van der Waals surface area contributed by atoms with Gasteiger partial charge < -0.3 is 14.5 Å². The molecule has 0 unspecified atom stereocenters. The lowest BCUT2D eigenvalue weighted by Gasteiger charge is -2.66. The van der Waals surface area contributed by atoms with Crippen molar-refractivity contribution in [1.82, 2.24) is 9.55 Å². The third-order valence-electron chi connectivity index (χ3n) is 18.0. The Bertz CT molecular complexity index is 4220. The Balaban J connectivity index is 0.848. The third kappa shape index (κ3) is 5.89. The van der Waals surface area contributed by atoms with Crippen LogP contribution in [-0.4, -0.2) is 16.2 Å². The number of rotatable bonds is 6. The largest absolute Gasteiger partial charge is 0.457 e. The van der Waals surface area contributed by atoms with Gasteiger partial charge in [-0.3, -0.25) is 4.57 Å². The summed E-state index contributed by atoms with van der Waals surface area (Å²) in [5.41, 5.74) is 17.3. The number of fused-ring (bicyclic) bond motifs is 4. The van der Waals surface area contributed by atoms with Gasteiger partial charge in [0.15, 0.2) is 0 Å². The molecule has 11 aromatic rings. The zero-order chi connectivity index (χ0) is 53.8. The van der Waals surface area contributed by atoms with E-state index in [1.165, 1.54) is 55.8 Å². The molecular formula is C71H58N4O. The van der Waals surface area contributed by atoms with Crippen LogP contribution in [0.4, 0.5) is 17.1 Å². The minimum Gasteiger partial charge on any atom is -0.457 e. The van der Waals surface area contributed by atoms with Crippen LogP contribution in [0.1, 0.15) is 100 Å². The van der Waals surface area contributed by atoms with Gasteiger partial charge in [-0.2, -0.15) is 0 Å². The summed E-state index contributed by atoms with van der Waals surface area (Å²) in [6.45, 7) is 9.74. The quantitative estimate of drug-likeness (QED) is 0.166. The van der Waals surface area contributed by atoms with Crippen LogP contribution in [-0.2, 0) is 21.8 Å². The zero-order valence-electron chi connectivity index (χ0n) is 46.3. The first-order chi connectivity index (χ1) is 38.2. The summed E-state index contributed by atoms with van der Waals surface area (Å²) in [7, 11) is 0. The second-order valence-electron chi connectivity index (χ2n) is 22.8. The van der Waals surface area contributed by atoms with Crippen LogP contribution < -0.4 is 14.5 Å². The summed E-state index contributed by atoms with van der Waals surface area (Å²) in [5.74, 6) is 1.95. The molecular weight excluding hydrogens is 925 g/mol. The molecule has 3 heterocycles. The van der Waals surface area contributed by atoms with Crippen molar-refractivity contribution in [1.29, 1.82) is 0 Å². The van der Waals surface area contributed by atoms with Gasteiger partial charge in [0.1, 0.15) is 22.9 Å². The maximum absolute atomic E-state index is 8.75.